The van der Waals surface area contributed by atoms with Gasteiger partial charge in [-0.3, -0.25) is 4.79 Å². The van der Waals surface area contributed by atoms with Crippen LogP contribution in [0.15, 0.2) is 42.2 Å². The van der Waals surface area contributed by atoms with Gasteiger partial charge in [0.25, 0.3) is 0 Å². The summed E-state index contributed by atoms with van der Waals surface area (Å²) in [5, 5.41) is 9.18. The molecule has 0 amide bonds. The molecule has 0 spiro atoms. The third kappa shape index (κ3) is 4.27. The highest BCUT2D eigenvalue weighted by Gasteiger charge is 1.97. The molecular weight excluding hydrogens is 212 g/mol. The number of hydrogen-bond donors (Lipinski definition) is 1. The molecule has 2 nitrogen and oxygen atoms in total. The summed E-state index contributed by atoms with van der Waals surface area (Å²) < 4.78 is 0. The first-order valence-electron chi connectivity index (χ1n) is 5.69. The van der Waals surface area contributed by atoms with E-state index in [0.717, 1.165) is 5.56 Å². The standard InChI is InChI=1S/C15H18O2/c1-11(2)14-9-7-13(8-10-14)5-4-6-15(17)12(3)16/h4-11,17H,1-3H3/b5-4+,15-6-. The summed E-state index contributed by atoms with van der Waals surface area (Å²) in [7, 11) is 0. The van der Waals surface area contributed by atoms with E-state index in [0.29, 0.717) is 5.92 Å². The first-order chi connectivity index (χ1) is 8.00. The molecule has 90 valence electrons. The molecular formula is C15H18O2. The SMILES string of the molecule is CC(=O)/C(O)=C/C=C/c1ccc(C(C)C)cc1. The molecule has 0 aromatic heterocycles. The fourth-order valence-corrected chi connectivity index (χ4v) is 1.36. The summed E-state index contributed by atoms with van der Waals surface area (Å²) in [4.78, 5) is 10.8. The van der Waals surface area contributed by atoms with Gasteiger partial charge in [-0.2, -0.15) is 0 Å². The predicted octanol–water partition coefficient (Wildman–Crippen LogP) is 3.85. The van der Waals surface area contributed by atoms with Crippen molar-refractivity contribution in [2.45, 2.75) is 26.7 Å². The van der Waals surface area contributed by atoms with Gasteiger partial charge in [-0.25, -0.2) is 0 Å². The first kappa shape index (κ1) is 13.2. The Hall–Kier alpha value is -1.83. The fraction of sp³-hybridized carbons (Fsp3) is 0.267. The van der Waals surface area contributed by atoms with Crippen molar-refractivity contribution in [2.75, 3.05) is 0 Å². The van der Waals surface area contributed by atoms with Gasteiger partial charge in [-0.05, 0) is 23.1 Å². The number of aliphatic hydroxyl groups excluding tert-OH is 1. The highest BCUT2D eigenvalue weighted by molar-refractivity contribution is 5.91. The maximum absolute atomic E-state index is 10.8. The summed E-state index contributed by atoms with van der Waals surface area (Å²) in [6.07, 6.45) is 4.92. The Morgan fingerprint density at radius 2 is 1.82 bits per heavy atom. The van der Waals surface area contributed by atoms with Gasteiger partial charge in [0, 0.05) is 6.92 Å². The molecule has 1 rings (SSSR count). The molecule has 1 aromatic carbocycles. The van der Waals surface area contributed by atoms with Crippen LogP contribution in [0.25, 0.3) is 6.08 Å². The van der Waals surface area contributed by atoms with E-state index in [4.69, 9.17) is 0 Å². The van der Waals surface area contributed by atoms with Crippen LogP contribution in [0.2, 0.25) is 0 Å². The van der Waals surface area contributed by atoms with Gasteiger partial charge in [0.15, 0.2) is 11.5 Å². The summed E-state index contributed by atoms with van der Waals surface area (Å²) in [6.45, 7) is 5.63. The van der Waals surface area contributed by atoms with Crippen LogP contribution >= 0.6 is 0 Å². The molecule has 0 saturated heterocycles. The van der Waals surface area contributed by atoms with Gasteiger partial charge in [-0.15, -0.1) is 0 Å². The Morgan fingerprint density at radius 3 is 2.29 bits per heavy atom. The molecule has 0 heterocycles. The van der Waals surface area contributed by atoms with E-state index in [9.17, 15) is 9.90 Å². The maximum atomic E-state index is 10.8. The number of allylic oxidation sites excluding steroid dienone is 3. The van der Waals surface area contributed by atoms with Gasteiger partial charge in [0.05, 0.1) is 0 Å². The monoisotopic (exact) mass is 230 g/mol. The fourth-order valence-electron chi connectivity index (χ4n) is 1.36. The smallest absolute Gasteiger partial charge is 0.194 e. The molecule has 0 aliphatic heterocycles. The lowest BCUT2D eigenvalue weighted by molar-refractivity contribution is -0.115. The number of carbonyl (C=O) groups is 1. The van der Waals surface area contributed by atoms with Crippen LogP contribution in [0.5, 0.6) is 0 Å². The van der Waals surface area contributed by atoms with Crippen LogP contribution in [0.1, 0.15) is 37.8 Å². The Labute approximate surface area is 102 Å². The zero-order valence-corrected chi connectivity index (χ0v) is 10.5. The number of rotatable bonds is 4. The van der Waals surface area contributed by atoms with Crippen molar-refractivity contribution < 1.29 is 9.90 Å². The molecule has 0 bridgehead atoms. The van der Waals surface area contributed by atoms with Crippen molar-refractivity contribution in [2.24, 2.45) is 0 Å². The van der Waals surface area contributed by atoms with Crippen LogP contribution in [0.4, 0.5) is 0 Å². The molecule has 1 aromatic rings. The van der Waals surface area contributed by atoms with E-state index in [1.807, 2.05) is 18.2 Å². The molecule has 0 atom stereocenters. The molecule has 0 aliphatic carbocycles. The first-order valence-corrected chi connectivity index (χ1v) is 5.69. The lowest BCUT2D eigenvalue weighted by atomic mass is 10.0. The predicted molar refractivity (Wildman–Crippen MR) is 71.0 cm³/mol. The summed E-state index contributed by atoms with van der Waals surface area (Å²) in [6, 6.07) is 8.20. The third-order valence-corrected chi connectivity index (χ3v) is 2.51. The second-order valence-electron chi connectivity index (χ2n) is 4.29. The summed E-state index contributed by atoms with van der Waals surface area (Å²) in [5.74, 6) is -0.0282. The molecule has 0 fully saturated rings. The van der Waals surface area contributed by atoms with Crippen molar-refractivity contribution in [3.8, 4) is 0 Å². The second kappa shape index (κ2) is 6.04. The van der Waals surface area contributed by atoms with E-state index in [1.165, 1.54) is 18.6 Å². The molecule has 1 N–H and O–H groups in total. The van der Waals surface area contributed by atoms with Crippen LogP contribution in [-0.4, -0.2) is 10.9 Å². The number of Topliss-reactive ketones (excluding diaryl/α,β-unsaturated/α-hetero) is 1. The molecule has 2 heteroatoms. The van der Waals surface area contributed by atoms with Gasteiger partial charge < -0.3 is 5.11 Å². The van der Waals surface area contributed by atoms with Gasteiger partial charge >= 0.3 is 0 Å². The Kier molecular flexibility index (Phi) is 4.70. The number of ketones is 1. The molecule has 0 radical (unpaired) electrons. The highest BCUT2D eigenvalue weighted by Crippen LogP contribution is 2.15. The molecule has 17 heavy (non-hydrogen) atoms. The van der Waals surface area contributed by atoms with Gasteiger partial charge in [0.1, 0.15) is 0 Å². The third-order valence-electron chi connectivity index (χ3n) is 2.51. The Morgan fingerprint density at radius 1 is 1.24 bits per heavy atom. The van der Waals surface area contributed by atoms with Crippen molar-refractivity contribution in [3.63, 3.8) is 0 Å². The minimum Gasteiger partial charge on any atom is -0.504 e. The lowest BCUT2D eigenvalue weighted by Gasteiger charge is -2.04. The van der Waals surface area contributed by atoms with Crippen molar-refractivity contribution in [3.05, 3.63) is 53.3 Å². The Bertz CT molecular complexity index is 436. The number of aliphatic hydroxyl groups is 1. The van der Waals surface area contributed by atoms with E-state index < -0.39 is 0 Å². The number of benzene rings is 1. The summed E-state index contributed by atoms with van der Waals surface area (Å²) >= 11 is 0. The van der Waals surface area contributed by atoms with Crippen LogP contribution in [0, 0.1) is 0 Å². The van der Waals surface area contributed by atoms with E-state index >= 15 is 0 Å². The zero-order chi connectivity index (χ0) is 12.8. The second-order valence-corrected chi connectivity index (χ2v) is 4.29. The molecule has 0 aliphatic rings. The van der Waals surface area contributed by atoms with Crippen LogP contribution in [-0.2, 0) is 4.79 Å². The largest absolute Gasteiger partial charge is 0.504 e. The maximum Gasteiger partial charge on any atom is 0.194 e. The molecule has 0 unspecified atom stereocenters. The quantitative estimate of drug-likeness (QED) is 0.484. The zero-order valence-electron chi connectivity index (χ0n) is 10.5. The van der Waals surface area contributed by atoms with Crippen molar-refractivity contribution in [1.82, 2.24) is 0 Å². The number of carbonyl (C=O) groups excluding carboxylic acids is 1. The Balaban J connectivity index is 2.73. The average Bonchev–Trinajstić information content (AvgIpc) is 2.29. The van der Waals surface area contributed by atoms with Gasteiger partial charge in [-0.1, -0.05) is 50.3 Å². The van der Waals surface area contributed by atoms with E-state index in [-0.39, 0.29) is 11.5 Å². The van der Waals surface area contributed by atoms with E-state index in [1.54, 1.807) is 6.08 Å². The highest BCUT2D eigenvalue weighted by atomic mass is 16.3. The minimum absolute atomic E-state index is 0.222. The minimum atomic E-state index is -0.329. The average molecular weight is 230 g/mol. The van der Waals surface area contributed by atoms with Crippen molar-refractivity contribution >= 4 is 11.9 Å². The van der Waals surface area contributed by atoms with Gasteiger partial charge in [0.2, 0.25) is 0 Å². The normalized spacial score (nSPS) is 12.4. The summed E-state index contributed by atoms with van der Waals surface area (Å²) in [5.41, 5.74) is 2.34. The van der Waals surface area contributed by atoms with Crippen molar-refractivity contribution in [1.29, 1.82) is 0 Å². The lowest BCUT2D eigenvalue weighted by Crippen LogP contribution is -1.92. The van der Waals surface area contributed by atoms with E-state index in [2.05, 4.69) is 26.0 Å². The van der Waals surface area contributed by atoms with Crippen LogP contribution < -0.4 is 0 Å². The number of hydrogen-bond acceptors (Lipinski definition) is 2. The molecule has 0 saturated carbocycles. The van der Waals surface area contributed by atoms with Crippen LogP contribution in [0.3, 0.4) is 0 Å². The topological polar surface area (TPSA) is 37.3 Å².